The van der Waals surface area contributed by atoms with E-state index in [1.165, 1.54) is 12.1 Å². The van der Waals surface area contributed by atoms with Gasteiger partial charge < -0.3 is 5.32 Å². The van der Waals surface area contributed by atoms with E-state index in [0.717, 1.165) is 15.7 Å². The summed E-state index contributed by atoms with van der Waals surface area (Å²) < 4.78 is 14.0. The first-order chi connectivity index (χ1) is 9.10. The summed E-state index contributed by atoms with van der Waals surface area (Å²) in [4.78, 5) is 0. The van der Waals surface area contributed by atoms with Crippen molar-refractivity contribution in [1.82, 2.24) is 0 Å². The first-order valence-electron chi connectivity index (χ1n) is 5.82. The number of halogens is 2. The zero-order valence-electron chi connectivity index (χ0n) is 10.3. The van der Waals surface area contributed by atoms with Gasteiger partial charge in [-0.3, -0.25) is 0 Å². The molecule has 0 aliphatic rings. The first kappa shape index (κ1) is 13.6. The second kappa shape index (κ2) is 5.85. The van der Waals surface area contributed by atoms with E-state index in [1.807, 2.05) is 19.1 Å². The minimum Gasteiger partial charge on any atom is -0.378 e. The molecule has 4 heteroatoms. The smallest absolute Gasteiger partial charge is 0.123 e. The van der Waals surface area contributed by atoms with Gasteiger partial charge in [0.2, 0.25) is 0 Å². The Hall–Kier alpha value is -1.86. The second-order valence-electron chi connectivity index (χ2n) is 4.23. The van der Waals surface area contributed by atoms with Crippen molar-refractivity contribution in [2.24, 2.45) is 0 Å². The molecule has 2 aromatic rings. The fourth-order valence-corrected chi connectivity index (χ4v) is 2.29. The third-order valence-corrected chi connectivity index (χ3v) is 3.47. The number of benzene rings is 2. The highest BCUT2D eigenvalue weighted by Gasteiger charge is 2.08. The predicted molar refractivity (Wildman–Crippen MR) is 77.3 cm³/mol. The lowest BCUT2D eigenvalue weighted by Gasteiger charge is -2.17. The van der Waals surface area contributed by atoms with Gasteiger partial charge in [-0.15, -0.1) is 0 Å². The Morgan fingerprint density at radius 2 is 2.05 bits per heavy atom. The molecule has 0 bridgehead atoms. The molecule has 2 nitrogen and oxygen atoms in total. The molecule has 0 fully saturated rings. The van der Waals surface area contributed by atoms with E-state index in [9.17, 15) is 4.39 Å². The van der Waals surface area contributed by atoms with Crippen molar-refractivity contribution in [3.8, 4) is 6.07 Å². The van der Waals surface area contributed by atoms with Crippen LogP contribution in [-0.4, -0.2) is 0 Å². The molecule has 2 rings (SSSR count). The fourth-order valence-electron chi connectivity index (χ4n) is 1.79. The van der Waals surface area contributed by atoms with Crippen LogP contribution < -0.4 is 5.32 Å². The lowest BCUT2D eigenvalue weighted by molar-refractivity contribution is 0.623. The minimum absolute atomic E-state index is 0.0278. The topological polar surface area (TPSA) is 35.8 Å². The zero-order chi connectivity index (χ0) is 13.8. The summed E-state index contributed by atoms with van der Waals surface area (Å²) in [5, 5.41) is 12.1. The molecule has 0 saturated heterocycles. The van der Waals surface area contributed by atoms with Gasteiger partial charge in [0.1, 0.15) is 5.82 Å². The van der Waals surface area contributed by atoms with Gasteiger partial charge in [0.25, 0.3) is 0 Å². The highest BCUT2D eigenvalue weighted by atomic mass is 79.9. The van der Waals surface area contributed by atoms with Gasteiger partial charge in [-0.1, -0.05) is 12.1 Å². The largest absolute Gasteiger partial charge is 0.378 e. The van der Waals surface area contributed by atoms with E-state index in [1.54, 1.807) is 18.2 Å². The van der Waals surface area contributed by atoms with Crippen LogP contribution in [0, 0.1) is 17.1 Å². The van der Waals surface area contributed by atoms with Crippen LogP contribution in [-0.2, 0) is 0 Å². The van der Waals surface area contributed by atoms with Crippen molar-refractivity contribution >= 4 is 21.6 Å². The van der Waals surface area contributed by atoms with Crippen LogP contribution in [0.15, 0.2) is 46.9 Å². The van der Waals surface area contributed by atoms with Crippen molar-refractivity contribution < 1.29 is 4.39 Å². The number of hydrogen-bond acceptors (Lipinski definition) is 2. The van der Waals surface area contributed by atoms with Crippen molar-refractivity contribution in [2.75, 3.05) is 5.32 Å². The minimum atomic E-state index is -0.245. The standard InChI is InChI=1S/C15H12BrFN2/c1-10(12-3-2-4-13(17)8-12)19-15-6-5-11(9-18)7-14(15)16/h2-8,10,19H,1H3. The van der Waals surface area contributed by atoms with Gasteiger partial charge in [0.15, 0.2) is 0 Å². The molecule has 0 amide bonds. The molecule has 2 aromatic carbocycles. The number of nitriles is 1. The maximum atomic E-state index is 13.2. The number of nitrogens with one attached hydrogen (secondary N) is 1. The number of hydrogen-bond donors (Lipinski definition) is 1. The van der Waals surface area contributed by atoms with Crippen LogP contribution in [0.2, 0.25) is 0 Å². The summed E-state index contributed by atoms with van der Waals surface area (Å²) in [6.07, 6.45) is 0. The molecular formula is C15H12BrFN2. The summed E-state index contributed by atoms with van der Waals surface area (Å²) in [7, 11) is 0. The maximum Gasteiger partial charge on any atom is 0.123 e. The molecule has 1 unspecified atom stereocenters. The average Bonchev–Trinajstić information content (AvgIpc) is 2.41. The first-order valence-corrected chi connectivity index (χ1v) is 6.61. The average molecular weight is 319 g/mol. The summed E-state index contributed by atoms with van der Waals surface area (Å²) in [5.41, 5.74) is 2.34. The summed E-state index contributed by atoms with van der Waals surface area (Å²) in [6, 6.07) is 13.9. The van der Waals surface area contributed by atoms with E-state index in [0.29, 0.717) is 5.56 Å². The number of nitrogens with zero attached hydrogens (tertiary/aromatic N) is 1. The second-order valence-corrected chi connectivity index (χ2v) is 5.08. The predicted octanol–water partition coefficient (Wildman–Crippen LogP) is 4.63. The molecule has 19 heavy (non-hydrogen) atoms. The third kappa shape index (κ3) is 3.33. The van der Waals surface area contributed by atoms with E-state index in [2.05, 4.69) is 27.3 Å². The number of anilines is 1. The number of rotatable bonds is 3. The Kier molecular flexibility index (Phi) is 4.18. The van der Waals surface area contributed by atoms with Gasteiger partial charge >= 0.3 is 0 Å². The molecule has 0 aliphatic carbocycles. The summed E-state index contributed by atoms with van der Waals surface area (Å²) in [6.45, 7) is 1.96. The van der Waals surface area contributed by atoms with Crippen LogP contribution in [0.4, 0.5) is 10.1 Å². The Labute approximate surface area is 120 Å². The van der Waals surface area contributed by atoms with E-state index >= 15 is 0 Å². The van der Waals surface area contributed by atoms with Crippen molar-refractivity contribution in [3.63, 3.8) is 0 Å². The van der Waals surface area contributed by atoms with Gasteiger partial charge in [0.05, 0.1) is 11.6 Å². The molecule has 1 atom stereocenters. The Bertz CT molecular complexity index is 634. The van der Waals surface area contributed by atoms with Crippen LogP contribution in [0.25, 0.3) is 0 Å². The third-order valence-electron chi connectivity index (χ3n) is 2.82. The highest BCUT2D eigenvalue weighted by Crippen LogP contribution is 2.27. The molecule has 0 aliphatic heterocycles. The molecule has 0 heterocycles. The Morgan fingerprint density at radius 3 is 2.68 bits per heavy atom. The van der Waals surface area contributed by atoms with E-state index in [4.69, 9.17) is 5.26 Å². The van der Waals surface area contributed by atoms with Gasteiger partial charge in [-0.05, 0) is 58.7 Å². The fraction of sp³-hybridized carbons (Fsp3) is 0.133. The van der Waals surface area contributed by atoms with Crippen LogP contribution in [0.5, 0.6) is 0 Å². The molecule has 0 aromatic heterocycles. The Morgan fingerprint density at radius 1 is 1.26 bits per heavy atom. The zero-order valence-corrected chi connectivity index (χ0v) is 11.9. The van der Waals surface area contributed by atoms with Crippen molar-refractivity contribution in [2.45, 2.75) is 13.0 Å². The lowest BCUT2D eigenvalue weighted by Crippen LogP contribution is -2.07. The SMILES string of the molecule is CC(Nc1ccc(C#N)cc1Br)c1cccc(F)c1. The van der Waals surface area contributed by atoms with Crippen molar-refractivity contribution in [3.05, 3.63) is 63.9 Å². The van der Waals surface area contributed by atoms with Crippen LogP contribution in [0.1, 0.15) is 24.1 Å². The summed E-state index contributed by atoms with van der Waals surface area (Å²) in [5.74, 6) is -0.245. The van der Waals surface area contributed by atoms with Gasteiger partial charge in [0, 0.05) is 16.2 Å². The molecular weight excluding hydrogens is 307 g/mol. The normalized spacial score (nSPS) is 11.7. The molecule has 1 N–H and O–H groups in total. The lowest BCUT2D eigenvalue weighted by atomic mass is 10.1. The molecule has 0 radical (unpaired) electrons. The highest BCUT2D eigenvalue weighted by molar-refractivity contribution is 9.10. The van der Waals surface area contributed by atoms with Crippen LogP contribution >= 0.6 is 15.9 Å². The molecule has 96 valence electrons. The van der Waals surface area contributed by atoms with Gasteiger partial charge in [-0.2, -0.15) is 5.26 Å². The maximum absolute atomic E-state index is 13.2. The van der Waals surface area contributed by atoms with E-state index < -0.39 is 0 Å². The molecule has 0 saturated carbocycles. The Balaban J connectivity index is 2.20. The van der Waals surface area contributed by atoms with E-state index in [-0.39, 0.29) is 11.9 Å². The quantitative estimate of drug-likeness (QED) is 0.895. The van der Waals surface area contributed by atoms with Crippen LogP contribution in [0.3, 0.4) is 0 Å². The van der Waals surface area contributed by atoms with Gasteiger partial charge in [-0.25, -0.2) is 4.39 Å². The summed E-state index contributed by atoms with van der Waals surface area (Å²) >= 11 is 3.42. The molecule has 0 spiro atoms. The van der Waals surface area contributed by atoms with Crippen molar-refractivity contribution in [1.29, 1.82) is 5.26 Å². The monoisotopic (exact) mass is 318 g/mol.